The quantitative estimate of drug-likeness (QED) is 0.681. The Balaban J connectivity index is 2.32. The molecule has 1 saturated carbocycles. The Morgan fingerprint density at radius 1 is 1.50 bits per heavy atom. The summed E-state index contributed by atoms with van der Waals surface area (Å²) < 4.78 is 0. The van der Waals surface area contributed by atoms with Gasteiger partial charge in [0.1, 0.15) is 0 Å². The van der Waals surface area contributed by atoms with Gasteiger partial charge < -0.3 is 10.8 Å². The maximum Gasteiger partial charge on any atom is 0.0877 e. The van der Waals surface area contributed by atoms with Gasteiger partial charge in [0, 0.05) is 18.2 Å². The highest BCUT2D eigenvalue weighted by atomic mass is 16.3. The topological polar surface area (TPSA) is 70.0 Å². The van der Waals surface area contributed by atoms with Crippen molar-refractivity contribution in [3.63, 3.8) is 0 Å². The van der Waals surface area contributed by atoms with E-state index in [9.17, 15) is 0 Å². The lowest BCUT2D eigenvalue weighted by atomic mass is 9.95. The molecule has 0 amide bonds. The lowest BCUT2D eigenvalue weighted by Crippen LogP contribution is -2.09. The van der Waals surface area contributed by atoms with Crippen LogP contribution in [0.15, 0.2) is 24.3 Å². The van der Waals surface area contributed by atoms with Gasteiger partial charge in [0.2, 0.25) is 0 Å². The number of anilines is 1. The molecule has 1 aromatic carbocycles. The molecular weight excluding hydrogens is 176 g/mol. The number of hydrogen-bond donors (Lipinski definition) is 2. The van der Waals surface area contributed by atoms with E-state index in [1.54, 1.807) is 12.1 Å². The van der Waals surface area contributed by atoms with Crippen LogP contribution in [-0.4, -0.2) is 11.7 Å². The van der Waals surface area contributed by atoms with E-state index in [0.29, 0.717) is 5.69 Å². The Bertz CT molecular complexity index is 379. The van der Waals surface area contributed by atoms with E-state index in [2.05, 4.69) is 6.07 Å². The van der Waals surface area contributed by atoms with Crippen LogP contribution in [0.25, 0.3) is 0 Å². The van der Waals surface area contributed by atoms with Gasteiger partial charge in [-0.1, -0.05) is 12.1 Å². The van der Waals surface area contributed by atoms with E-state index >= 15 is 0 Å². The summed E-state index contributed by atoms with van der Waals surface area (Å²) in [6.45, 7) is 0.0813. The molecule has 2 rings (SSSR count). The summed E-state index contributed by atoms with van der Waals surface area (Å²) in [5, 5.41) is 18.1. The fourth-order valence-corrected chi connectivity index (χ4v) is 1.89. The first-order valence-corrected chi connectivity index (χ1v) is 4.61. The molecule has 0 aromatic heterocycles. The molecular formula is C11H12N2O. The van der Waals surface area contributed by atoms with Gasteiger partial charge in [-0.3, -0.25) is 0 Å². The molecule has 0 radical (unpaired) electrons. The fraction of sp³-hybridized carbons (Fsp3) is 0.364. The first-order chi connectivity index (χ1) is 6.73. The van der Waals surface area contributed by atoms with Crippen molar-refractivity contribution in [3.05, 3.63) is 29.8 Å². The van der Waals surface area contributed by atoms with Crippen LogP contribution in [0, 0.1) is 17.2 Å². The first kappa shape index (κ1) is 9.04. The zero-order valence-corrected chi connectivity index (χ0v) is 7.77. The highest BCUT2D eigenvalue weighted by Crippen LogP contribution is 2.53. The van der Waals surface area contributed by atoms with E-state index in [-0.39, 0.29) is 12.5 Å². The van der Waals surface area contributed by atoms with Crippen LogP contribution < -0.4 is 5.73 Å². The van der Waals surface area contributed by atoms with E-state index in [1.165, 1.54) is 0 Å². The molecule has 1 aromatic rings. The number of nitrogens with two attached hydrogens (primary N) is 1. The monoisotopic (exact) mass is 188 g/mol. The number of nitrogen functional groups attached to an aromatic ring is 1. The van der Waals surface area contributed by atoms with Gasteiger partial charge in [0.15, 0.2) is 0 Å². The van der Waals surface area contributed by atoms with Crippen molar-refractivity contribution in [2.75, 3.05) is 12.3 Å². The fourth-order valence-electron chi connectivity index (χ4n) is 1.89. The minimum absolute atomic E-state index is 0.0813. The molecule has 2 atom stereocenters. The third kappa shape index (κ3) is 1.16. The largest absolute Gasteiger partial charge is 0.399 e. The highest BCUT2D eigenvalue weighted by molar-refractivity contribution is 5.47. The van der Waals surface area contributed by atoms with Gasteiger partial charge in [-0.05, 0) is 24.1 Å². The van der Waals surface area contributed by atoms with Crippen molar-refractivity contribution in [1.29, 1.82) is 5.26 Å². The third-order valence-electron chi connectivity index (χ3n) is 2.95. The van der Waals surface area contributed by atoms with Gasteiger partial charge in [-0.25, -0.2) is 0 Å². The standard InChI is InChI=1S/C11H12N2O/c12-7-11(5-9(11)6-14)8-1-3-10(13)4-2-8/h1-4,9,14H,5-6,13H2. The van der Waals surface area contributed by atoms with Gasteiger partial charge >= 0.3 is 0 Å². The molecule has 1 aliphatic carbocycles. The Kier molecular flexibility index (Phi) is 1.94. The van der Waals surface area contributed by atoms with Gasteiger partial charge in [-0.15, -0.1) is 0 Å². The van der Waals surface area contributed by atoms with Crippen molar-refractivity contribution < 1.29 is 5.11 Å². The zero-order chi connectivity index (χ0) is 10.2. The summed E-state index contributed by atoms with van der Waals surface area (Å²) in [4.78, 5) is 0. The third-order valence-corrected chi connectivity index (χ3v) is 2.95. The summed E-state index contributed by atoms with van der Waals surface area (Å²) in [5.74, 6) is 0.0936. The van der Waals surface area contributed by atoms with Crippen LogP contribution in [0.1, 0.15) is 12.0 Å². The van der Waals surface area contributed by atoms with Crippen molar-refractivity contribution in [2.24, 2.45) is 5.92 Å². The number of hydrogen-bond acceptors (Lipinski definition) is 3. The van der Waals surface area contributed by atoms with Crippen LogP contribution in [0.2, 0.25) is 0 Å². The molecule has 0 saturated heterocycles. The average Bonchev–Trinajstić information content (AvgIpc) is 2.94. The van der Waals surface area contributed by atoms with E-state index in [0.717, 1.165) is 12.0 Å². The summed E-state index contributed by atoms with van der Waals surface area (Å²) in [7, 11) is 0. The Morgan fingerprint density at radius 3 is 2.57 bits per heavy atom. The Morgan fingerprint density at radius 2 is 2.14 bits per heavy atom. The number of aliphatic hydroxyl groups excluding tert-OH is 1. The normalized spacial score (nSPS) is 29.6. The van der Waals surface area contributed by atoms with Crippen LogP contribution in [0.3, 0.4) is 0 Å². The lowest BCUT2D eigenvalue weighted by molar-refractivity contribution is 0.269. The molecule has 14 heavy (non-hydrogen) atoms. The Hall–Kier alpha value is -1.53. The molecule has 3 heteroatoms. The number of nitriles is 1. The summed E-state index contributed by atoms with van der Waals surface area (Å²) in [6.07, 6.45) is 0.754. The zero-order valence-electron chi connectivity index (χ0n) is 7.77. The van der Waals surface area contributed by atoms with Crippen LogP contribution >= 0.6 is 0 Å². The molecule has 2 unspecified atom stereocenters. The van der Waals surface area contributed by atoms with E-state index < -0.39 is 5.41 Å². The summed E-state index contributed by atoms with van der Waals surface area (Å²) in [5.41, 5.74) is 6.77. The SMILES string of the molecule is N#CC1(c2ccc(N)cc2)CC1CO. The van der Waals surface area contributed by atoms with Crippen molar-refractivity contribution >= 4 is 5.69 Å². The summed E-state index contributed by atoms with van der Waals surface area (Å²) >= 11 is 0. The molecule has 72 valence electrons. The maximum atomic E-state index is 9.09. The second kappa shape index (κ2) is 3.00. The first-order valence-electron chi connectivity index (χ1n) is 4.61. The number of benzene rings is 1. The van der Waals surface area contributed by atoms with Crippen molar-refractivity contribution in [2.45, 2.75) is 11.8 Å². The minimum atomic E-state index is -0.456. The molecule has 0 aliphatic heterocycles. The highest BCUT2D eigenvalue weighted by Gasteiger charge is 2.55. The van der Waals surface area contributed by atoms with Crippen LogP contribution in [0.4, 0.5) is 5.69 Å². The second-order valence-corrected chi connectivity index (χ2v) is 3.79. The van der Waals surface area contributed by atoms with Crippen molar-refractivity contribution in [3.8, 4) is 6.07 Å². The summed E-state index contributed by atoms with van der Waals surface area (Å²) in [6, 6.07) is 9.61. The average molecular weight is 188 g/mol. The Labute approximate surface area is 82.8 Å². The van der Waals surface area contributed by atoms with Gasteiger partial charge in [0.05, 0.1) is 11.5 Å². The molecule has 1 aliphatic rings. The molecule has 0 bridgehead atoms. The number of nitrogens with zero attached hydrogens (tertiary/aromatic N) is 1. The lowest BCUT2D eigenvalue weighted by Gasteiger charge is -2.07. The van der Waals surface area contributed by atoms with Gasteiger partial charge in [-0.2, -0.15) is 5.26 Å². The molecule has 0 spiro atoms. The molecule has 3 N–H and O–H groups in total. The van der Waals surface area contributed by atoms with Crippen LogP contribution in [-0.2, 0) is 5.41 Å². The van der Waals surface area contributed by atoms with Crippen molar-refractivity contribution in [1.82, 2.24) is 0 Å². The molecule has 3 nitrogen and oxygen atoms in total. The minimum Gasteiger partial charge on any atom is -0.399 e. The maximum absolute atomic E-state index is 9.09. The van der Waals surface area contributed by atoms with E-state index in [4.69, 9.17) is 16.1 Å². The van der Waals surface area contributed by atoms with Crippen LogP contribution in [0.5, 0.6) is 0 Å². The van der Waals surface area contributed by atoms with E-state index in [1.807, 2.05) is 12.1 Å². The molecule has 1 fully saturated rings. The smallest absolute Gasteiger partial charge is 0.0877 e. The number of aliphatic hydroxyl groups is 1. The predicted molar refractivity (Wildman–Crippen MR) is 53.3 cm³/mol. The van der Waals surface area contributed by atoms with Gasteiger partial charge in [0.25, 0.3) is 0 Å². The number of rotatable bonds is 2. The second-order valence-electron chi connectivity index (χ2n) is 3.79. The molecule has 0 heterocycles. The predicted octanol–water partition coefficient (Wildman–Crippen LogP) is 1.04.